The number of carbonyl (C=O) groups is 1. The standard InChI is InChI=1S/C20H24BNO3/c1-21(25)22(15-5-8-17-6-3-2-4-7-17)16-19-11-9-18(10-12-19)13-14-20(23)24/h2-4,6-7,9-14,25H,5,8,15-16H2,1H3,(H,23,24)/b14-13+. The molecule has 0 heterocycles. The van der Waals surface area contributed by atoms with Gasteiger partial charge in [0.05, 0.1) is 0 Å². The van der Waals surface area contributed by atoms with Gasteiger partial charge in [0.2, 0.25) is 0 Å². The van der Waals surface area contributed by atoms with Gasteiger partial charge in [0, 0.05) is 12.6 Å². The summed E-state index contributed by atoms with van der Waals surface area (Å²) >= 11 is 0. The molecule has 2 N–H and O–H groups in total. The molecule has 5 heteroatoms. The number of carboxylic acids is 1. The van der Waals surface area contributed by atoms with Crippen LogP contribution in [0, 0.1) is 0 Å². The summed E-state index contributed by atoms with van der Waals surface area (Å²) in [5, 5.41) is 18.7. The van der Waals surface area contributed by atoms with Crippen LogP contribution in [0.15, 0.2) is 60.7 Å². The van der Waals surface area contributed by atoms with Crippen molar-refractivity contribution < 1.29 is 14.9 Å². The maximum atomic E-state index is 10.5. The van der Waals surface area contributed by atoms with E-state index in [2.05, 4.69) is 12.1 Å². The monoisotopic (exact) mass is 337 g/mol. The van der Waals surface area contributed by atoms with Gasteiger partial charge in [-0.15, -0.1) is 0 Å². The van der Waals surface area contributed by atoms with Crippen LogP contribution in [0.1, 0.15) is 23.1 Å². The number of hydrogen-bond donors (Lipinski definition) is 2. The van der Waals surface area contributed by atoms with E-state index in [0.717, 1.165) is 36.6 Å². The summed E-state index contributed by atoms with van der Waals surface area (Å²) in [6.45, 7) is 3.26. The topological polar surface area (TPSA) is 60.8 Å². The van der Waals surface area contributed by atoms with Crippen molar-refractivity contribution in [2.45, 2.75) is 26.2 Å². The van der Waals surface area contributed by atoms with Gasteiger partial charge in [-0.25, -0.2) is 4.79 Å². The van der Waals surface area contributed by atoms with Gasteiger partial charge in [0.1, 0.15) is 0 Å². The first-order chi connectivity index (χ1) is 12.0. The number of aliphatic carboxylic acids is 1. The quantitative estimate of drug-likeness (QED) is 0.544. The summed E-state index contributed by atoms with van der Waals surface area (Å²) in [6, 6.07) is 18.1. The second kappa shape index (κ2) is 9.82. The molecule has 25 heavy (non-hydrogen) atoms. The van der Waals surface area contributed by atoms with Gasteiger partial charge in [0.15, 0.2) is 0 Å². The summed E-state index contributed by atoms with van der Waals surface area (Å²) in [5.74, 6) is -0.956. The van der Waals surface area contributed by atoms with Crippen molar-refractivity contribution in [3.05, 3.63) is 77.4 Å². The molecule has 0 saturated carbocycles. The fourth-order valence-corrected chi connectivity index (χ4v) is 2.67. The normalized spacial score (nSPS) is 11.2. The highest BCUT2D eigenvalue weighted by molar-refractivity contribution is 6.45. The minimum atomic E-state index is -0.956. The van der Waals surface area contributed by atoms with Crippen molar-refractivity contribution in [2.75, 3.05) is 6.54 Å². The van der Waals surface area contributed by atoms with E-state index in [0.29, 0.717) is 6.54 Å². The van der Waals surface area contributed by atoms with Crippen LogP contribution in [0.2, 0.25) is 6.82 Å². The Morgan fingerprint density at radius 1 is 1.08 bits per heavy atom. The van der Waals surface area contributed by atoms with Gasteiger partial charge >= 0.3 is 13.0 Å². The molecule has 4 nitrogen and oxygen atoms in total. The van der Waals surface area contributed by atoms with Gasteiger partial charge < -0.3 is 14.9 Å². The Morgan fingerprint density at radius 2 is 1.76 bits per heavy atom. The molecule has 2 aromatic carbocycles. The molecule has 2 rings (SSSR count). The largest absolute Gasteiger partial charge is 0.478 e. The first-order valence-corrected chi connectivity index (χ1v) is 8.50. The van der Waals surface area contributed by atoms with Gasteiger partial charge in [-0.1, -0.05) is 54.6 Å². The van der Waals surface area contributed by atoms with Crippen molar-refractivity contribution >= 4 is 19.1 Å². The Balaban J connectivity index is 1.89. The number of rotatable bonds is 9. The summed E-state index contributed by atoms with van der Waals surface area (Å²) in [5.41, 5.74) is 3.24. The summed E-state index contributed by atoms with van der Waals surface area (Å²) < 4.78 is 0. The van der Waals surface area contributed by atoms with Gasteiger partial charge in [-0.3, -0.25) is 0 Å². The number of aryl methyl sites for hydroxylation is 1. The zero-order valence-electron chi connectivity index (χ0n) is 14.5. The number of hydrogen-bond acceptors (Lipinski definition) is 3. The summed E-state index contributed by atoms with van der Waals surface area (Å²) in [4.78, 5) is 12.6. The van der Waals surface area contributed by atoms with Gasteiger partial charge in [0.25, 0.3) is 0 Å². The predicted octanol–water partition coefficient (Wildman–Crippen LogP) is 3.33. The molecule has 0 aromatic heterocycles. The minimum Gasteiger partial charge on any atom is -0.478 e. The van der Waals surface area contributed by atoms with E-state index in [4.69, 9.17) is 5.11 Å². The van der Waals surface area contributed by atoms with E-state index in [1.54, 1.807) is 12.9 Å². The van der Waals surface area contributed by atoms with E-state index < -0.39 is 13.0 Å². The molecule has 0 saturated heterocycles. The van der Waals surface area contributed by atoms with Crippen molar-refractivity contribution in [3.8, 4) is 0 Å². The third-order valence-corrected chi connectivity index (χ3v) is 4.07. The molecule has 2 aromatic rings. The Morgan fingerprint density at radius 3 is 2.36 bits per heavy atom. The van der Waals surface area contributed by atoms with E-state index in [1.165, 1.54) is 5.56 Å². The molecule has 0 radical (unpaired) electrons. The lowest BCUT2D eigenvalue weighted by Gasteiger charge is -2.23. The van der Waals surface area contributed by atoms with E-state index in [1.807, 2.05) is 47.3 Å². The molecule has 0 bridgehead atoms. The Bertz CT molecular complexity index is 684. The lowest BCUT2D eigenvalue weighted by atomic mass is 9.84. The maximum Gasteiger partial charge on any atom is 0.376 e. The average Bonchev–Trinajstić information content (AvgIpc) is 2.61. The smallest absolute Gasteiger partial charge is 0.376 e. The molecule has 0 atom stereocenters. The minimum absolute atomic E-state index is 0.512. The van der Waals surface area contributed by atoms with Crippen LogP contribution in [-0.2, 0) is 17.8 Å². The third kappa shape index (κ3) is 6.95. The summed E-state index contributed by atoms with van der Waals surface area (Å²) in [6.07, 6.45) is 4.66. The second-order valence-electron chi connectivity index (χ2n) is 6.10. The molecule has 0 spiro atoms. The molecule has 0 aliphatic carbocycles. The Kier molecular flexibility index (Phi) is 7.45. The number of carboxylic acid groups (broad SMARTS) is 1. The molecule has 0 aliphatic heterocycles. The van der Waals surface area contributed by atoms with Crippen LogP contribution >= 0.6 is 0 Å². The van der Waals surface area contributed by atoms with E-state index in [9.17, 15) is 9.82 Å². The lowest BCUT2D eigenvalue weighted by Crippen LogP contribution is -2.37. The van der Waals surface area contributed by atoms with Crippen LogP contribution in [0.4, 0.5) is 0 Å². The van der Waals surface area contributed by atoms with Gasteiger partial charge in [-0.05, 0) is 49.0 Å². The van der Waals surface area contributed by atoms with Crippen LogP contribution in [0.25, 0.3) is 6.08 Å². The Hall–Kier alpha value is -2.37. The van der Waals surface area contributed by atoms with Crippen molar-refractivity contribution in [1.29, 1.82) is 0 Å². The lowest BCUT2D eigenvalue weighted by molar-refractivity contribution is -0.131. The highest BCUT2D eigenvalue weighted by atomic mass is 16.4. The van der Waals surface area contributed by atoms with Crippen LogP contribution in [0.5, 0.6) is 0 Å². The molecule has 0 fully saturated rings. The average molecular weight is 337 g/mol. The zero-order chi connectivity index (χ0) is 18.1. The van der Waals surface area contributed by atoms with Gasteiger partial charge in [-0.2, -0.15) is 0 Å². The molecular weight excluding hydrogens is 313 g/mol. The highest BCUT2D eigenvalue weighted by Crippen LogP contribution is 2.11. The second-order valence-corrected chi connectivity index (χ2v) is 6.10. The number of benzene rings is 2. The first kappa shape index (κ1) is 19.0. The molecule has 0 aliphatic rings. The summed E-state index contributed by atoms with van der Waals surface area (Å²) in [7, 11) is -0.512. The van der Waals surface area contributed by atoms with Crippen LogP contribution in [0.3, 0.4) is 0 Å². The zero-order valence-corrected chi connectivity index (χ0v) is 14.5. The fraction of sp³-hybridized carbons (Fsp3) is 0.250. The predicted molar refractivity (Wildman–Crippen MR) is 102 cm³/mol. The number of nitrogens with zero attached hydrogens (tertiary/aromatic N) is 1. The Labute approximate surface area is 149 Å². The third-order valence-electron chi connectivity index (χ3n) is 4.07. The van der Waals surface area contributed by atoms with Crippen LogP contribution in [-0.4, -0.2) is 34.5 Å². The van der Waals surface area contributed by atoms with E-state index >= 15 is 0 Å². The van der Waals surface area contributed by atoms with E-state index in [-0.39, 0.29) is 0 Å². The molecule has 0 unspecified atom stereocenters. The first-order valence-electron chi connectivity index (χ1n) is 8.50. The van der Waals surface area contributed by atoms with Crippen molar-refractivity contribution in [1.82, 2.24) is 4.81 Å². The SMILES string of the molecule is CB(O)N(CCCc1ccccc1)Cc1ccc(/C=C/C(=O)O)cc1. The molecular formula is C20H24BNO3. The van der Waals surface area contributed by atoms with Crippen LogP contribution < -0.4 is 0 Å². The maximum absolute atomic E-state index is 10.5. The fourth-order valence-electron chi connectivity index (χ4n) is 2.67. The van der Waals surface area contributed by atoms with Crippen molar-refractivity contribution in [2.24, 2.45) is 0 Å². The van der Waals surface area contributed by atoms with Crippen molar-refractivity contribution in [3.63, 3.8) is 0 Å². The molecule has 0 amide bonds. The molecule has 130 valence electrons. The highest BCUT2D eigenvalue weighted by Gasteiger charge is 2.15.